The summed E-state index contributed by atoms with van der Waals surface area (Å²) >= 11 is 0. The molecule has 3 heteroatoms. The van der Waals surface area contributed by atoms with E-state index in [0.717, 1.165) is 5.56 Å². The number of carbonyl (C=O) groups excluding carboxylic acids is 1. The highest BCUT2D eigenvalue weighted by Gasteiger charge is 2.18. The fraction of sp³-hybridized carbons (Fsp3) is 0.182. The van der Waals surface area contributed by atoms with Crippen molar-refractivity contribution in [1.29, 1.82) is 0 Å². The van der Waals surface area contributed by atoms with Crippen LogP contribution in [0.1, 0.15) is 18.1 Å². The Labute approximate surface area is 81.0 Å². The van der Waals surface area contributed by atoms with Gasteiger partial charge in [-0.05, 0) is 17.7 Å². The molecule has 1 aliphatic heterocycles. The van der Waals surface area contributed by atoms with Crippen molar-refractivity contribution < 1.29 is 13.9 Å². The lowest BCUT2D eigenvalue weighted by atomic mass is 10.0. The third kappa shape index (κ3) is 1.82. The van der Waals surface area contributed by atoms with Crippen molar-refractivity contribution >= 4 is 5.78 Å². The summed E-state index contributed by atoms with van der Waals surface area (Å²) in [6, 6.07) is 5.99. The molecule has 0 bridgehead atoms. The molecule has 1 aromatic rings. The maximum atomic E-state index is 12.6. The normalized spacial score (nSPS) is 20.6. The second kappa shape index (κ2) is 3.62. The maximum Gasteiger partial charge on any atom is 0.162 e. The third-order valence-electron chi connectivity index (χ3n) is 2.13. The number of rotatable bonds is 1. The molecular formula is C11H9FO2. The first-order chi connectivity index (χ1) is 6.75. The summed E-state index contributed by atoms with van der Waals surface area (Å²) in [4.78, 5) is 11.1. The van der Waals surface area contributed by atoms with E-state index in [2.05, 4.69) is 0 Å². The van der Waals surface area contributed by atoms with Gasteiger partial charge in [0.1, 0.15) is 11.9 Å². The number of allylic oxidation sites excluding steroid dienone is 1. The Balaban J connectivity index is 2.19. The molecule has 0 spiro atoms. The Morgan fingerprint density at radius 1 is 1.29 bits per heavy atom. The van der Waals surface area contributed by atoms with Gasteiger partial charge in [-0.2, -0.15) is 0 Å². The van der Waals surface area contributed by atoms with Crippen LogP contribution in [-0.2, 0) is 9.53 Å². The predicted octanol–water partition coefficient (Wildman–Crippen LogP) is 2.37. The van der Waals surface area contributed by atoms with Gasteiger partial charge in [0.25, 0.3) is 0 Å². The van der Waals surface area contributed by atoms with Gasteiger partial charge in [0, 0.05) is 6.08 Å². The zero-order valence-corrected chi connectivity index (χ0v) is 7.44. The highest BCUT2D eigenvalue weighted by molar-refractivity contribution is 5.90. The van der Waals surface area contributed by atoms with E-state index in [1.54, 1.807) is 12.1 Å². The van der Waals surface area contributed by atoms with E-state index >= 15 is 0 Å². The number of ketones is 1. The summed E-state index contributed by atoms with van der Waals surface area (Å²) in [5.74, 6) is -0.253. The van der Waals surface area contributed by atoms with E-state index in [0.29, 0.717) is 6.42 Å². The molecular weight excluding hydrogens is 183 g/mol. The molecule has 72 valence electrons. The van der Waals surface area contributed by atoms with Gasteiger partial charge in [-0.15, -0.1) is 0 Å². The quantitative estimate of drug-likeness (QED) is 0.682. The van der Waals surface area contributed by atoms with Crippen LogP contribution in [0, 0.1) is 5.82 Å². The smallest absolute Gasteiger partial charge is 0.162 e. The van der Waals surface area contributed by atoms with Gasteiger partial charge in [0.2, 0.25) is 0 Å². The molecule has 0 saturated heterocycles. The molecule has 0 aromatic heterocycles. The van der Waals surface area contributed by atoms with Gasteiger partial charge in [-0.25, -0.2) is 4.39 Å². The first-order valence-electron chi connectivity index (χ1n) is 4.36. The second-order valence-electron chi connectivity index (χ2n) is 3.15. The average molecular weight is 192 g/mol. The van der Waals surface area contributed by atoms with E-state index in [9.17, 15) is 9.18 Å². The topological polar surface area (TPSA) is 26.3 Å². The number of hydrogen-bond acceptors (Lipinski definition) is 2. The van der Waals surface area contributed by atoms with Crippen LogP contribution in [0.4, 0.5) is 4.39 Å². The van der Waals surface area contributed by atoms with Crippen molar-refractivity contribution in [3.05, 3.63) is 48.0 Å². The van der Waals surface area contributed by atoms with Gasteiger partial charge >= 0.3 is 0 Å². The van der Waals surface area contributed by atoms with Crippen molar-refractivity contribution in [3.63, 3.8) is 0 Å². The molecule has 14 heavy (non-hydrogen) atoms. The summed E-state index contributed by atoms with van der Waals surface area (Å²) in [6.45, 7) is 0. The number of benzene rings is 1. The summed E-state index contributed by atoms with van der Waals surface area (Å²) in [6.07, 6.45) is 2.84. The SMILES string of the molecule is O=C1C=CO[C@@H](c2ccc(F)cc2)C1. The molecule has 1 aromatic carbocycles. The molecule has 2 rings (SSSR count). The first-order valence-corrected chi connectivity index (χ1v) is 4.36. The lowest BCUT2D eigenvalue weighted by Gasteiger charge is -2.18. The fourth-order valence-corrected chi connectivity index (χ4v) is 1.38. The van der Waals surface area contributed by atoms with E-state index in [4.69, 9.17) is 4.74 Å². The summed E-state index contributed by atoms with van der Waals surface area (Å²) in [5.41, 5.74) is 0.823. The highest BCUT2D eigenvalue weighted by atomic mass is 19.1. The van der Waals surface area contributed by atoms with Gasteiger partial charge in [0.15, 0.2) is 5.78 Å². The van der Waals surface area contributed by atoms with Crippen LogP contribution in [0.5, 0.6) is 0 Å². The molecule has 0 radical (unpaired) electrons. The minimum Gasteiger partial charge on any atom is -0.493 e. The maximum absolute atomic E-state index is 12.6. The Morgan fingerprint density at radius 3 is 2.64 bits per heavy atom. The van der Waals surface area contributed by atoms with E-state index < -0.39 is 0 Å². The van der Waals surface area contributed by atoms with Crippen LogP contribution in [0.2, 0.25) is 0 Å². The lowest BCUT2D eigenvalue weighted by molar-refractivity contribution is -0.118. The third-order valence-corrected chi connectivity index (χ3v) is 2.13. The van der Waals surface area contributed by atoms with E-state index in [-0.39, 0.29) is 17.7 Å². The van der Waals surface area contributed by atoms with Crippen molar-refractivity contribution in [3.8, 4) is 0 Å². The Morgan fingerprint density at radius 2 is 2.00 bits per heavy atom. The molecule has 0 aliphatic carbocycles. The average Bonchev–Trinajstić information content (AvgIpc) is 2.19. The monoisotopic (exact) mass is 192 g/mol. The number of halogens is 1. The van der Waals surface area contributed by atoms with Crippen LogP contribution in [-0.4, -0.2) is 5.78 Å². The minimum absolute atomic E-state index is 0.0329. The van der Waals surface area contributed by atoms with E-state index in [1.807, 2.05) is 0 Å². The first kappa shape index (κ1) is 8.94. The molecule has 0 fully saturated rings. The zero-order valence-electron chi connectivity index (χ0n) is 7.44. The number of carbonyl (C=O) groups is 1. The lowest BCUT2D eigenvalue weighted by Crippen LogP contribution is -2.11. The predicted molar refractivity (Wildman–Crippen MR) is 49.0 cm³/mol. The van der Waals surface area contributed by atoms with Crippen molar-refractivity contribution in [2.75, 3.05) is 0 Å². The van der Waals surface area contributed by atoms with Crippen LogP contribution in [0.25, 0.3) is 0 Å². The molecule has 0 unspecified atom stereocenters. The molecule has 2 nitrogen and oxygen atoms in total. The van der Waals surface area contributed by atoms with Crippen LogP contribution in [0.3, 0.4) is 0 Å². The molecule has 0 amide bonds. The minimum atomic E-state index is -0.286. The Bertz CT molecular complexity index is 367. The van der Waals surface area contributed by atoms with Crippen LogP contribution < -0.4 is 0 Å². The standard InChI is InChI=1S/C11H9FO2/c12-9-3-1-8(2-4-9)11-7-10(13)5-6-14-11/h1-6,11H,7H2/t11-/m1/s1. The molecule has 1 atom stereocenters. The Hall–Kier alpha value is -1.64. The summed E-state index contributed by atoms with van der Waals surface area (Å²) < 4.78 is 17.9. The van der Waals surface area contributed by atoms with Crippen molar-refractivity contribution in [2.45, 2.75) is 12.5 Å². The second-order valence-corrected chi connectivity index (χ2v) is 3.15. The molecule has 0 N–H and O–H groups in total. The number of hydrogen-bond donors (Lipinski definition) is 0. The van der Waals surface area contributed by atoms with Crippen LogP contribution >= 0.6 is 0 Å². The zero-order chi connectivity index (χ0) is 9.97. The van der Waals surface area contributed by atoms with Gasteiger partial charge in [-0.1, -0.05) is 12.1 Å². The summed E-state index contributed by atoms with van der Waals surface area (Å²) in [7, 11) is 0. The molecule has 1 heterocycles. The highest BCUT2D eigenvalue weighted by Crippen LogP contribution is 2.24. The van der Waals surface area contributed by atoms with Gasteiger partial charge in [0.05, 0.1) is 12.7 Å². The van der Waals surface area contributed by atoms with E-state index in [1.165, 1.54) is 24.5 Å². The van der Waals surface area contributed by atoms with Gasteiger partial charge in [-0.3, -0.25) is 4.79 Å². The fourth-order valence-electron chi connectivity index (χ4n) is 1.38. The summed E-state index contributed by atoms with van der Waals surface area (Å²) in [5, 5.41) is 0. The Kier molecular flexibility index (Phi) is 2.31. The van der Waals surface area contributed by atoms with Crippen molar-refractivity contribution in [2.24, 2.45) is 0 Å². The van der Waals surface area contributed by atoms with Crippen molar-refractivity contribution in [1.82, 2.24) is 0 Å². The number of ether oxygens (including phenoxy) is 1. The molecule has 0 saturated carbocycles. The van der Waals surface area contributed by atoms with Crippen LogP contribution in [0.15, 0.2) is 36.6 Å². The van der Waals surface area contributed by atoms with Gasteiger partial charge < -0.3 is 4.74 Å². The largest absolute Gasteiger partial charge is 0.493 e. The molecule has 1 aliphatic rings.